The van der Waals surface area contributed by atoms with Gasteiger partial charge in [-0.05, 0) is 61.3 Å². The Bertz CT molecular complexity index is 590. The van der Waals surface area contributed by atoms with Crippen LogP contribution in [0.2, 0.25) is 0 Å². The summed E-state index contributed by atoms with van der Waals surface area (Å²) in [5.74, 6) is -1.49. The molecule has 0 aliphatic rings. The van der Waals surface area contributed by atoms with E-state index >= 15 is 0 Å². The van der Waals surface area contributed by atoms with E-state index in [0.29, 0.717) is 12.0 Å². The molecule has 2 rings (SSSR count). The van der Waals surface area contributed by atoms with Crippen LogP contribution < -0.4 is 5.32 Å². The van der Waals surface area contributed by atoms with Gasteiger partial charge in [0.25, 0.3) is 0 Å². The second-order valence-corrected chi connectivity index (χ2v) is 4.82. The van der Waals surface area contributed by atoms with E-state index in [-0.39, 0.29) is 11.9 Å². The van der Waals surface area contributed by atoms with Crippen LogP contribution in [0.1, 0.15) is 22.7 Å². The minimum absolute atomic E-state index is 0.232. The lowest BCUT2D eigenvalue weighted by Crippen LogP contribution is -2.19. The highest BCUT2D eigenvalue weighted by Gasteiger charge is 2.14. The molecule has 0 amide bonds. The van der Waals surface area contributed by atoms with Crippen molar-refractivity contribution in [1.29, 1.82) is 0 Å². The zero-order valence-electron chi connectivity index (χ0n) is 11.4. The number of likely N-dealkylation sites (N-methyl/N-ethyl adjacent to an activating group) is 1. The predicted molar refractivity (Wildman–Crippen MR) is 73.0 cm³/mol. The highest BCUT2D eigenvalue weighted by molar-refractivity contribution is 5.30. The van der Waals surface area contributed by atoms with Gasteiger partial charge in [-0.3, -0.25) is 0 Å². The van der Waals surface area contributed by atoms with E-state index in [4.69, 9.17) is 0 Å². The third-order valence-corrected chi connectivity index (χ3v) is 3.36. The first kappa shape index (κ1) is 14.6. The maximum absolute atomic E-state index is 13.3. The molecule has 0 saturated carbocycles. The van der Waals surface area contributed by atoms with E-state index in [2.05, 4.69) is 5.32 Å². The number of halogens is 3. The topological polar surface area (TPSA) is 12.0 Å². The number of hydrogen-bond donors (Lipinski definition) is 1. The summed E-state index contributed by atoms with van der Waals surface area (Å²) >= 11 is 0. The van der Waals surface area contributed by atoms with Crippen LogP contribution in [-0.2, 0) is 6.42 Å². The van der Waals surface area contributed by atoms with Gasteiger partial charge in [0.15, 0.2) is 0 Å². The zero-order valence-corrected chi connectivity index (χ0v) is 11.4. The van der Waals surface area contributed by atoms with Crippen molar-refractivity contribution in [1.82, 2.24) is 5.32 Å². The number of rotatable bonds is 4. The summed E-state index contributed by atoms with van der Waals surface area (Å²) < 4.78 is 39.6. The molecule has 4 heteroatoms. The van der Waals surface area contributed by atoms with E-state index in [1.54, 1.807) is 13.1 Å². The molecular formula is C16H16F3N. The smallest absolute Gasteiger partial charge is 0.126 e. The minimum Gasteiger partial charge on any atom is -0.313 e. The predicted octanol–water partition coefficient (Wildman–Crippen LogP) is 3.92. The Morgan fingerprint density at radius 3 is 2.15 bits per heavy atom. The fourth-order valence-corrected chi connectivity index (χ4v) is 2.27. The van der Waals surface area contributed by atoms with Crippen LogP contribution in [0, 0.1) is 24.4 Å². The zero-order chi connectivity index (χ0) is 14.7. The van der Waals surface area contributed by atoms with Gasteiger partial charge in [-0.1, -0.05) is 6.07 Å². The first-order valence-electron chi connectivity index (χ1n) is 6.38. The fourth-order valence-electron chi connectivity index (χ4n) is 2.27. The Hall–Kier alpha value is -1.81. The molecule has 1 unspecified atom stereocenters. The standard InChI is InChI=1S/C16H16F3N/c1-10-5-13(17)4-3-11(10)8-16(20-2)12-6-14(18)9-15(19)7-12/h3-7,9,16,20H,8H2,1-2H3. The van der Waals surface area contributed by atoms with Crippen LogP contribution in [0.3, 0.4) is 0 Å². The van der Waals surface area contributed by atoms with E-state index in [0.717, 1.165) is 17.2 Å². The Morgan fingerprint density at radius 1 is 0.950 bits per heavy atom. The maximum atomic E-state index is 13.3. The lowest BCUT2D eigenvalue weighted by atomic mass is 9.96. The molecule has 0 bridgehead atoms. The number of benzene rings is 2. The first-order chi connectivity index (χ1) is 9.49. The number of aryl methyl sites for hydroxylation is 1. The van der Waals surface area contributed by atoms with Crippen LogP contribution >= 0.6 is 0 Å². The minimum atomic E-state index is -0.601. The number of nitrogens with one attached hydrogen (secondary N) is 1. The Balaban J connectivity index is 2.28. The van der Waals surface area contributed by atoms with Crippen LogP contribution in [-0.4, -0.2) is 7.05 Å². The summed E-state index contributed by atoms with van der Waals surface area (Å²) in [7, 11) is 1.73. The summed E-state index contributed by atoms with van der Waals surface area (Å²) in [5, 5.41) is 3.04. The molecular weight excluding hydrogens is 263 g/mol. The Morgan fingerprint density at radius 2 is 1.60 bits per heavy atom. The first-order valence-corrected chi connectivity index (χ1v) is 6.38. The van der Waals surface area contributed by atoms with Gasteiger partial charge >= 0.3 is 0 Å². The van der Waals surface area contributed by atoms with Gasteiger partial charge in [0.05, 0.1) is 0 Å². The van der Waals surface area contributed by atoms with Gasteiger partial charge < -0.3 is 5.32 Å². The third kappa shape index (κ3) is 3.39. The highest BCUT2D eigenvalue weighted by Crippen LogP contribution is 2.22. The second-order valence-electron chi connectivity index (χ2n) is 4.82. The summed E-state index contributed by atoms with van der Waals surface area (Å²) in [5.41, 5.74) is 2.30. The van der Waals surface area contributed by atoms with Crippen molar-refractivity contribution in [3.8, 4) is 0 Å². The molecule has 20 heavy (non-hydrogen) atoms. The summed E-state index contributed by atoms with van der Waals surface area (Å²) in [6.07, 6.45) is 0.533. The summed E-state index contributed by atoms with van der Waals surface area (Å²) in [6.45, 7) is 1.82. The lowest BCUT2D eigenvalue weighted by molar-refractivity contribution is 0.550. The average molecular weight is 279 g/mol. The molecule has 2 aromatic carbocycles. The van der Waals surface area contributed by atoms with E-state index in [1.807, 2.05) is 6.92 Å². The lowest BCUT2D eigenvalue weighted by Gasteiger charge is -2.18. The van der Waals surface area contributed by atoms with E-state index in [1.165, 1.54) is 24.3 Å². The molecule has 1 N–H and O–H groups in total. The van der Waals surface area contributed by atoms with Gasteiger partial charge in [-0.25, -0.2) is 13.2 Å². The normalized spacial score (nSPS) is 12.4. The van der Waals surface area contributed by atoms with Crippen LogP contribution in [0.4, 0.5) is 13.2 Å². The Labute approximate surface area is 116 Å². The summed E-state index contributed by atoms with van der Waals surface area (Å²) in [6, 6.07) is 7.77. The monoisotopic (exact) mass is 279 g/mol. The molecule has 106 valence electrons. The molecule has 1 atom stereocenters. The van der Waals surface area contributed by atoms with Crippen molar-refractivity contribution in [3.05, 3.63) is 70.5 Å². The molecule has 0 fully saturated rings. The van der Waals surface area contributed by atoms with Crippen molar-refractivity contribution in [3.63, 3.8) is 0 Å². The van der Waals surface area contributed by atoms with Gasteiger partial charge in [-0.2, -0.15) is 0 Å². The molecule has 0 heterocycles. The molecule has 0 spiro atoms. The van der Waals surface area contributed by atoms with Crippen LogP contribution in [0.5, 0.6) is 0 Å². The van der Waals surface area contributed by atoms with Gasteiger partial charge in [0.2, 0.25) is 0 Å². The van der Waals surface area contributed by atoms with Gasteiger partial charge in [-0.15, -0.1) is 0 Å². The van der Waals surface area contributed by atoms with E-state index < -0.39 is 11.6 Å². The maximum Gasteiger partial charge on any atom is 0.126 e. The van der Waals surface area contributed by atoms with E-state index in [9.17, 15) is 13.2 Å². The second kappa shape index (κ2) is 6.09. The average Bonchev–Trinajstić information content (AvgIpc) is 2.36. The largest absolute Gasteiger partial charge is 0.313 e. The molecule has 0 radical (unpaired) electrons. The fraction of sp³-hybridized carbons (Fsp3) is 0.250. The van der Waals surface area contributed by atoms with Crippen molar-refractivity contribution < 1.29 is 13.2 Å². The van der Waals surface area contributed by atoms with Crippen LogP contribution in [0.25, 0.3) is 0 Å². The Kier molecular flexibility index (Phi) is 4.45. The van der Waals surface area contributed by atoms with Crippen molar-refractivity contribution in [2.24, 2.45) is 0 Å². The molecule has 0 aliphatic heterocycles. The summed E-state index contributed by atoms with van der Waals surface area (Å²) in [4.78, 5) is 0. The molecule has 0 saturated heterocycles. The van der Waals surface area contributed by atoms with Crippen molar-refractivity contribution in [2.45, 2.75) is 19.4 Å². The molecule has 0 aromatic heterocycles. The molecule has 0 aliphatic carbocycles. The molecule has 2 aromatic rings. The molecule has 1 nitrogen and oxygen atoms in total. The van der Waals surface area contributed by atoms with Crippen molar-refractivity contribution >= 4 is 0 Å². The number of hydrogen-bond acceptors (Lipinski definition) is 1. The quantitative estimate of drug-likeness (QED) is 0.894. The van der Waals surface area contributed by atoms with Crippen molar-refractivity contribution in [2.75, 3.05) is 7.05 Å². The SMILES string of the molecule is CNC(Cc1ccc(F)cc1C)c1cc(F)cc(F)c1. The van der Waals surface area contributed by atoms with Crippen LogP contribution in [0.15, 0.2) is 36.4 Å². The van der Waals surface area contributed by atoms with Gasteiger partial charge in [0, 0.05) is 12.1 Å². The highest BCUT2D eigenvalue weighted by atomic mass is 19.1. The third-order valence-electron chi connectivity index (χ3n) is 3.36. The van der Waals surface area contributed by atoms with Gasteiger partial charge in [0.1, 0.15) is 17.5 Å².